The molecule has 1 saturated heterocycles. The molecular weight excluding hydrogens is 270 g/mol. The van der Waals surface area contributed by atoms with Crippen LogP contribution in [0.15, 0.2) is 0 Å². The molecule has 2 N–H and O–H groups in total. The molecule has 21 heavy (non-hydrogen) atoms. The van der Waals surface area contributed by atoms with E-state index in [-0.39, 0.29) is 11.8 Å². The maximum absolute atomic E-state index is 12.6. The van der Waals surface area contributed by atoms with Crippen molar-refractivity contribution >= 4 is 12.0 Å². The van der Waals surface area contributed by atoms with Crippen LogP contribution >= 0.6 is 0 Å². The van der Waals surface area contributed by atoms with Gasteiger partial charge in [-0.15, -0.1) is 0 Å². The maximum Gasteiger partial charge on any atom is 0.408 e. The molecule has 2 amide bonds. The Labute approximate surface area is 127 Å². The molecule has 0 unspecified atom stereocenters. The van der Waals surface area contributed by atoms with Crippen LogP contribution in [0.5, 0.6) is 0 Å². The lowest BCUT2D eigenvalue weighted by atomic mass is 10.0. The summed E-state index contributed by atoms with van der Waals surface area (Å²) >= 11 is 0. The van der Waals surface area contributed by atoms with Gasteiger partial charge in [0, 0.05) is 19.6 Å². The van der Waals surface area contributed by atoms with Crippen LogP contribution in [0.1, 0.15) is 41.0 Å². The third kappa shape index (κ3) is 6.33. The second-order valence-corrected chi connectivity index (χ2v) is 6.80. The minimum atomic E-state index is -0.568. The molecule has 1 rings (SSSR count). The Morgan fingerprint density at radius 1 is 1.19 bits per heavy atom. The Bertz CT molecular complexity index is 356. The molecule has 0 aliphatic carbocycles. The Balaban J connectivity index is 2.67. The summed E-state index contributed by atoms with van der Waals surface area (Å²) in [5.41, 5.74) is -0.568. The second kappa shape index (κ2) is 7.64. The number of amides is 2. The van der Waals surface area contributed by atoms with Crippen molar-refractivity contribution in [3.63, 3.8) is 0 Å². The van der Waals surface area contributed by atoms with Gasteiger partial charge >= 0.3 is 6.09 Å². The summed E-state index contributed by atoms with van der Waals surface area (Å²) in [6.07, 6.45) is 0.394. The zero-order valence-corrected chi connectivity index (χ0v) is 13.9. The zero-order valence-electron chi connectivity index (χ0n) is 13.9. The normalized spacial score (nSPS) is 18.1. The highest BCUT2D eigenvalue weighted by molar-refractivity contribution is 5.86. The van der Waals surface area contributed by atoms with Gasteiger partial charge in [0.05, 0.1) is 0 Å². The fourth-order valence-electron chi connectivity index (χ4n) is 2.21. The van der Waals surface area contributed by atoms with Gasteiger partial charge in [-0.25, -0.2) is 4.79 Å². The largest absolute Gasteiger partial charge is 0.444 e. The highest BCUT2D eigenvalue weighted by Crippen LogP contribution is 2.11. The number of nitrogens with zero attached hydrogens (tertiary/aromatic N) is 1. The van der Waals surface area contributed by atoms with Crippen LogP contribution in [-0.4, -0.2) is 54.7 Å². The molecule has 0 aromatic heterocycles. The molecule has 1 heterocycles. The van der Waals surface area contributed by atoms with Gasteiger partial charge in [0.1, 0.15) is 11.6 Å². The van der Waals surface area contributed by atoms with E-state index >= 15 is 0 Å². The van der Waals surface area contributed by atoms with Crippen molar-refractivity contribution in [2.24, 2.45) is 5.92 Å². The Hall–Kier alpha value is -1.30. The summed E-state index contributed by atoms with van der Waals surface area (Å²) in [6, 6.07) is -0.544. The van der Waals surface area contributed by atoms with Crippen LogP contribution in [-0.2, 0) is 9.53 Å². The molecule has 0 spiro atoms. The van der Waals surface area contributed by atoms with Gasteiger partial charge in [-0.1, -0.05) is 13.8 Å². The van der Waals surface area contributed by atoms with Gasteiger partial charge in [0.15, 0.2) is 0 Å². The van der Waals surface area contributed by atoms with E-state index < -0.39 is 17.7 Å². The number of carbonyl (C=O) groups is 2. The van der Waals surface area contributed by atoms with Crippen LogP contribution < -0.4 is 10.6 Å². The molecule has 0 radical (unpaired) electrons. The van der Waals surface area contributed by atoms with Gasteiger partial charge in [0.25, 0.3) is 0 Å². The van der Waals surface area contributed by atoms with Crippen molar-refractivity contribution in [2.45, 2.75) is 52.7 Å². The summed E-state index contributed by atoms with van der Waals surface area (Å²) in [6.45, 7) is 12.4. The highest BCUT2D eigenvalue weighted by atomic mass is 16.6. The van der Waals surface area contributed by atoms with Crippen molar-refractivity contribution in [1.82, 2.24) is 15.5 Å². The van der Waals surface area contributed by atoms with Crippen molar-refractivity contribution in [1.29, 1.82) is 0 Å². The second-order valence-electron chi connectivity index (χ2n) is 6.80. The maximum atomic E-state index is 12.6. The van der Waals surface area contributed by atoms with Crippen molar-refractivity contribution < 1.29 is 14.3 Å². The van der Waals surface area contributed by atoms with Gasteiger partial charge in [-0.3, -0.25) is 4.79 Å². The molecule has 6 heteroatoms. The minimum absolute atomic E-state index is 0.0150. The SMILES string of the molecule is CC(C)[C@@H](NC(=O)OC(C)(C)C)C(=O)N1CCCNCC1. The smallest absolute Gasteiger partial charge is 0.408 e. The van der Waals surface area contributed by atoms with E-state index in [1.54, 1.807) is 20.8 Å². The van der Waals surface area contributed by atoms with E-state index in [9.17, 15) is 9.59 Å². The molecule has 122 valence electrons. The first kappa shape index (κ1) is 17.8. The number of rotatable bonds is 3. The number of carbonyl (C=O) groups excluding carboxylic acids is 2. The molecule has 1 aliphatic heterocycles. The van der Waals surface area contributed by atoms with Crippen LogP contribution in [0.3, 0.4) is 0 Å². The monoisotopic (exact) mass is 299 g/mol. The van der Waals surface area contributed by atoms with Crippen LogP contribution in [0, 0.1) is 5.92 Å². The average Bonchev–Trinajstić information content (AvgIpc) is 2.61. The molecule has 0 aromatic rings. The quantitative estimate of drug-likeness (QED) is 0.825. The van der Waals surface area contributed by atoms with Crippen molar-refractivity contribution in [3.05, 3.63) is 0 Å². The Morgan fingerprint density at radius 3 is 2.43 bits per heavy atom. The summed E-state index contributed by atoms with van der Waals surface area (Å²) < 4.78 is 5.25. The van der Waals surface area contributed by atoms with Gasteiger partial charge in [0.2, 0.25) is 5.91 Å². The van der Waals surface area contributed by atoms with Crippen molar-refractivity contribution in [2.75, 3.05) is 26.2 Å². The van der Waals surface area contributed by atoms with Crippen LogP contribution in [0.25, 0.3) is 0 Å². The molecule has 0 aromatic carbocycles. The number of alkyl carbamates (subject to hydrolysis) is 1. The summed E-state index contributed by atoms with van der Waals surface area (Å²) in [5, 5.41) is 5.98. The first-order valence-corrected chi connectivity index (χ1v) is 7.70. The molecule has 1 fully saturated rings. The molecule has 1 atom stereocenters. The number of ether oxygens (including phenoxy) is 1. The molecular formula is C15H29N3O3. The third-order valence-electron chi connectivity index (χ3n) is 3.26. The molecule has 1 aliphatic rings. The van der Waals surface area contributed by atoms with Gasteiger partial charge in [-0.2, -0.15) is 0 Å². The van der Waals surface area contributed by atoms with E-state index in [0.29, 0.717) is 6.54 Å². The van der Waals surface area contributed by atoms with E-state index in [1.807, 2.05) is 18.7 Å². The third-order valence-corrected chi connectivity index (χ3v) is 3.26. The molecule has 0 bridgehead atoms. The number of hydrogen-bond acceptors (Lipinski definition) is 4. The zero-order chi connectivity index (χ0) is 16.0. The fraction of sp³-hybridized carbons (Fsp3) is 0.867. The van der Waals surface area contributed by atoms with E-state index in [4.69, 9.17) is 4.74 Å². The standard InChI is InChI=1S/C15H29N3O3/c1-11(2)12(17-14(20)21-15(3,4)5)13(19)18-9-6-7-16-8-10-18/h11-12,16H,6-10H2,1-5H3,(H,17,20)/t12-/m1/s1. The van der Waals surface area contributed by atoms with E-state index in [0.717, 1.165) is 26.1 Å². The Kier molecular flexibility index (Phi) is 6.45. The summed E-state index contributed by atoms with van der Waals surface area (Å²) in [5.74, 6) is -0.0132. The lowest BCUT2D eigenvalue weighted by Crippen LogP contribution is -2.52. The lowest BCUT2D eigenvalue weighted by molar-refractivity contribution is -0.134. The van der Waals surface area contributed by atoms with E-state index in [1.165, 1.54) is 0 Å². The predicted octanol–water partition coefficient (Wildman–Crippen LogP) is 1.36. The summed E-state index contributed by atoms with van der Waals surface area (Å²) in [4.78, 5) is 26.4. The minimum Gasteiger partial charge on any atom is -0.444 e. The topological polar surface area (TPSA) is 70.7 Å². The first-order valence-electron chi connectivity index (χ1n) is 7.70. The van der Waals surface area contributed by atoms with Crippen LogP contribution in [0.2, 0.25) is 0 Å². The van der Waals surface area contributed by atoms with Gasteiger partial charge in [-0.05, 0) is 39.7 Å². The fourth-order valence-corrected chi connectivity index (χ4v) is 2.21. The van der Waals surface area contributed by atoms with Crippen LogP contribution in [0.4, 0.5) is 4.79 Å². The number of hydrogen-bond donors (Lipinski definition) is 2. The highest BCUT2D eigenvalue weighted by Gasteiger charge is 2.30. The summed E-state index contributed by atoms with van der Waals surface area (Å²) in [7, 11) is 0. The molecule has 6 nitrogen and oxygen atoms in total. The van der Waals surface area contributed by atoms with E-state index in [2.05, 4.69) is 10.6 Å². The first-order chi connectivity index (χ1) is 9.70. The number of nitrogens with one attached hydrogen (secondary N) is 2. The van der Waals surface area contributed by atoms with Gasteiger partial charge < -0.3 is 20.3 Å². The lowest BCUT2D eigenvalue weighted by Gasteiger charge is -2.29. The molecule has 0 saturated carbocycles. The Morgan fingerprint density at radius 2 is 1.86 bits per heavy atom. The van der Waals surface area contributed by atoms with Crippen molar-refractivity contribution in [3.8, 4) is 0 Å². The average molecular weight is 299 g/mol. The predicted molar refractivity (Wildman–Crippen MR) is 82.1 cm³/mol.